The van der Waals surface area contributed by atoms with Gasteiger partial charge in [-0.1, -0.05) is 42.5 Å². The van der Waals surface area contributed by atoms with Crippen molar-refractivity contribution >= 4 is 34.5 Å². The van der Waals surface area contributed by atoms with E-state index in [4.69, 9.17) is 9.72 Å². The lowest BCUT2D eigenvalue weighted by molar-refractivity contribution is -0.123. The Morgan fingerprint density at radius 1 is 1.09 bits per heavy atom. The molecule has 1 aliphatic rings. The Labute approximate surface area is 199 Å². The quantitative estimate of drug-likeness (QED) is 0.432. The first-order chi connectivity index (χ1) is 16.6. The third-order valence-electron chi connectivity index (χ3n) is 5.40. The number of para-hydroxylation sites is 1. The molecule has 0 atom stereocenters. The number of halogens is 1. The largest absolute Gasteiger partial charge is 0.482 e. The SMILES string of the molecule is O=C(CN1C(=O)COc2ccc(-c3csc(Cc4ccccc4)n3)cc21)Nc1ccccc1F. The molecule has 170 valence electrons. The molecule has 0 fully saturated rings. The minimum absolute atomic E-state index is 0.0654. The number of thiazole rings is 1. The Morgan fingerprint density at radius 3 is 2.71 bits per heavy atom. The van der Waals surface area contributed by atoms with E-state index in [1.54, 1.807) is 29.5 Å². The summed E-state index contributed by atoms with van der Waals surface area (Å²) in [5.41, 5.74) is 3.32. The molecule has 0 spiro atoms. The number of rotatable bonds is 6. The summed E-state index contributed by atoms with van der Waals surface area (Å²) in [6, 6.07) is 21.5. The van der Waals surface area contributed by atoms with Crippen LogP contribution in [0.5, 0.6) is 5.75 Å². The molecule has 0 saturated heterocycles. The van der Waals surface area contributed by atoms with Crippen molar-refractivity contribution in [1.82, 2.24) is 4.98 Å². The number of nitrogens with one attached hydrogen (secondary N) is 1. The molecule has 5 rings (SSSR count). The van der Waals surface area contributed by atoms with Crippen molar-refractivity contribution in [2.45, 2.75) is 6.42 Å². The third kappa shape index (κ3) is 4.67. The first-order valence-corrected chi connectivity index (χ1v) is 11.5. The summed E-state index contributed by atoms with van der Waals surface area (Å²) in [6.07, 6.45) is 0.736. The molecule has 4 aromatic rings. The number of fused-ring (bicyclic) bond motifs is 1. The van der Waals surface area contributed by atoms with E-state index in [2.05, 4.69) is 17.4 Å². The molecule has 34 heavy (non-hydrogen) atoms. The van der Waals surface area contributed by atoms with Crippen molar-refractivity contribution < 1.29 is 18.7 Å². The van der Waals surface area contributed by atoms with Gasteiger partial charge in [0.1, 0.15) is 18.1 Å². The highest BCUT2D eigenvalue weighted by Gasteiger charge is 2.28. The summed E-state index contributed by atoms with van der Waals surface area (Å²) in [5, 5.41) is 5.47. The average molecular weight is 474 g/mol. The summed E-state index contributed by atoms with van der Waals surface area (Å²) >= 11 is 1.57. The molecule has 0 aliphatic carbocycles. The second-order valence-corrected chi connectivity index (χ2v) is 8.71. The van der Waals surface area contributed by atoms with Gasteiger partial charge in [0.2, 0.25) is 5.91 Å². The van der Waals surface area contributed by atoms with Gasteiger partial charge in [0.15, 0.2) is 6.61 Å². The minimum Gasteiger partial charge on any atom is -0.482 e. The zero-order valence-corrected chi connectivity index (χ0v) is 18.8. The summed E-state index contributed by atoms with van der Waals surface area (Å²) in [6.45, 7) is -0.430. The van der Waals surface area contributed by atoms with Gasteiger partial charge >= 0.3 is 0 Å². The van der Waals surface area contributed by atoms with Gasteiger partial charge in [-0.2, -0.15) is 0 Å². The molecule has 0 unspecified atom stereocenters. The van der Waals surface area contributed by atoms with E-state index < -0.39 is 11.7 Å². The Balaban J connectivity index is 1.37. The number of carbonyl (C=O) groups is 2. The molecule has 2 heterocycles. The summed E-state index contributed by atoms with van der Waals surface area (Å²) < 4.78 is 19.5. The highest BCUT2D eigenvalue weighted by Crippen LogP contribution is 2.36. The molecular formula is C26H20FN3O3S. The molecule has 0 saturated carbocycles. The number of hydrogen-bond donors (Lipinski definition) is 1. The molecule has 1 N–H and O–H groups in total. The van der Waals surface area contributed by atoms with Gasteiger partial charge in [-0.05, 0) is 35.9 Å². The Morgan fingerprint density at radius 2 is 1.88 bits per heavy atom. The molecular weight excluding hydrogens is 453 g/mol. The first-order valence-electron chi connectivity index (χ1n) is 10.7. The van der Waals surface area contributed by atoms with Crippen LogP contribution in [-0.2, 0) is 16.0 Å². The van der Waals surface area contributed by atoms with Crippen molar-refractivity contribution in [2.24, 2.45) is 0 Å². The predicted octanol–water partition coefficient (Wildman–Crippen LogP) is 4.90. The fourth-order valence-electron chi connectivity index (χ4n) is 3.73. The van der Waals surface area contributed by atoms with Gasteiger partial charge in [0.05, 0.1) is 22.1 Å². The maximum atomic E-state index is 13.9. The monoisotopic (exact) mass is 473 g/mol. The molecule has 0 radical (unpaired) electrons. The van der Waals surface area contributed by atoms with E-state index in [0.717, 1.165) is 22.7 Å². The van der Waals surface area contributed by atoms with E-state index in [1.807, 2.05) is 29.6 Å². The zero-order chi connectivity index (χ0) is 23.5. The average Bonchev–Trinajstić information content (AvgIpc) is 3.31. The van der Waals surface area contributed by atoms with Crippen LogP contribution < -0.4 is 15.0 Å². The van der Waals surface area contributed by atoms with Crippen LogP contribution >= 0.6 is 11.3 Å². The Hall–Kier alpha value is -4.04. The lowest BCUT2D eigenvalue weighted by Crippen LogP contribution is -2.43. The molecule has 3 aromatic carbocycles. The van der Waals surface area contributed by atoms with Crippen molar-refractivity contribution in [1.29, 1.82) is 0 Å². The number of ether oxygens (including phenoxy) is 1. The zero-order valence-electron chi connectivity index (χ0n) is 18.0. The van der Waals surface area contributed by atoms with Crippen molar-refractivity contribution in [3.8, 4) is 17.0 Å². The van der Waals surface area contributed by atoms with E-state index >= 15 is 0 Å². The number of amides is 2. The number of nitrogens with zero attached hydrogens (tertiary/aromatic N) is 2. The standard InChI is InChI=1S/C26H20FN3O3S/c27-19-8-4-5-9-20(19)28-24(31)14-30-22-13-18(10-11-23(22)33-15-26(30)32)21-16-34-25(29-21)12-17-6-2-1-3-7-17/h1-11,13,16H,12,14-15H2,(H,28,31). The van der Waals surface area contributed by atoms with Crippen LogP contribution in [0.25, 0.3) is 11.3 Å². The molecule has 6 nitrogen and oxygen atoms in total. The fourth-order valence-corrected chi connectivity index (χ4v) is 4.56. The van der Waals surface area contributed by atoms with Crippen LogP contribution in [0.15, 0.2) is 78.2 Å². The summed E-state index contributed by atoms with van der Waals surface area (Å²) in [7, 11) is 0. The Bertz CT molecular complexity index is 1360. The fraction of sp³-hybridized carbons (Fsp3) is 0.115. The summed E-state index contributed by atoms with van der Waals surface area (Å²) in [5.74, 6) is -0.893. The second-order valence-electron chi connectivity index (χ2n) is 7.77. The van der Waals surface area contributed by atoms with E-state index in [0.29, 0.717) is 11.4 Å². The highest BCUT2D eigenvalue weighted by molar-refractivity contribution is 7.10. The number of anilines is 2. The van der Waals surface area contributed by atoms with Crippen LogP contribution in [0.4, 0.5) is 15.8 Å². The topological polar surface area (TPSA) is 71.5 Å². The lowest BCUT2D eigenvalue weighted by Gasteiger charge is -2.29. The van der Waals surface area contributed by atoms with Crippen molar-refractivity contribution in [3.05, 3.63) is 94.6 Å². The number of aromatic nitrogens is 1. The smallest absolute Gasteiger partial charge is 0.265 e. The van der Waals surface area contributed by atoms with Crippen LogP contribution in [-0.4, -0.2) is 29.9 Å². The minimum atomic E-state index is -0.540. The van der Waals surface area contributed by atoms with Gasteiger partial charge < -0.3 is 10.1 Å². The van der Waals surface area contributed by atoms with Gasteiger partial charge in [-0.25, -0.2) is 9.37 Å². The van der Waals surface area contributed by atoms with Gasteiger partial charge in [-0.3, -0.25) is 14.5 Å². The third-order valence-corrected chi connectivity index (χ3v) is 6.25. The number of hydrogen-bond acceptors (Lipinski definition) is 5. The number of carbonyl (C=O) groups excluding carboxylic acids is 2. The molecule has 1 aliphatic heterocycles. The maximum Gasteiger partial charge on any atom is 0.265 e. The Kier molecular flexibility index (Phi) is 6.05. The summed E-state index contributed by atoms with van der Waals surface area (Å²) in [4.78, 5) is 31.3. The van der Waals surface area contributed by atoms with Gasteiger partial charge in [-0.15, -0.1) is 11.3 Å². The molecule has 8 heteroatoms. The number of benzene rings is 3. The van der Waals surface area contributed by atoms with E-state index in [9.17, 15) is 14.0 Å². The van der Waals surface area contributed by atoms with Crippen molar-refractivity contribution in [3.63, 3.8) is 0 Å². The predicted molar refractivity (Wildman–Crippen MR) is 130 cm³/mol. The lowest BCUT2D eigenvalue weighted by atomic mass is 10.1. The highest BCUT2D eigenvalue weighted by atomic mass is 32.1. The van der Waals surface area contributed by atoms with Crippen molar-refractivity contribution in [2.75, 3.05) is 23.4 Å². The van der Waals surface area contributed by atoms with Crippen LogP contribution in [0, 0.1) is 5.82 Å². The first kappa shape index (κ1) is 21.8. The van der Waals surface area contributed by atoms with Crippen LogP contribution in [0.3, 0.4) is 0 Å². The second kappa shape index (κ2) is 9.44. The van der Waals surface area contributed by atoms with E-state index in [1.165, 1.54) is 28.7 Å². The molecule has 0 bridgehead atoms. The maximum absolute atomic E-state index is 13.9. The van der Waals surface area contributed by atoms with E-state index in [-0.39, 0.29) is 24.7 Å². The van der Waals surface area contributed by atoms with Gasteiger partial charge in [0.25, 0.3) is 5.91 Å². The van der Waals surface area contributed by atoms with Crippen LogP contribution in [0.2, 0.25) is 0 Å². The molecule has 1 aromatic heterocycles. The normalized spacial score (nSPS) is 12.7. The van der Waals surface area contributed by atoms with Gasteiger partial charge in [0, 0.05) is 17.4 Å². The van der Waals surface area contributed by atoms with Crippen LogP contribution in [0.1, 0.15) is 10.6 Å². The molecule has 2 amide bonds.